The van der Waals surface area contributed by atoms with E-state index in [-0.39, 0.29) is 0 Å². The van der Waals surface area contributed by atoms with Crippen LogP contribution in [0.1, 0.15) is 29.2 Å². The highest BCUT2D eigenvalue weighted by Crippen LogP contribution is 2.29. The van der Waals surface area contributed by atoms with Crippen molar-refractivity contribution in [3.05, 3.63) is 28.8 Å². The molecular formula is C16H28N2O2. The summed E-state index contributed by atoms with van der Waals surface area (Å²) in [6, 6.07) is 4.07. The molecule has 0 aliphatic carbocycles. The number of nitrogens with one attached hydrogen (secondary N) is 1. The lowest BCUT2D eigenvalue weighted by molar-refractivity contribution is 0.170. The number of hydrogen-bond acceptors (Lipinski definition) is 4. The molecule has 0 aliphatic heterocycles. The van der Waals surface area contributed by atoms with Crippen LogP contribution in [0, 0.1) is 13.8 Å². The lowest BCUT2D eigenvalue weighted by Crippen LogP contribution is -2.25. The van der Waals surface area contributed by atoms with Crippen molar-refractivity contribution in [1.29, 1.82) is 0 Å². The van der Waals surface area contributed by atoms with Crippen LogP contribution < -0.4 is 10.1 Å². The molecule has 0 spiro atoms. The summed E-state index contributed by atoms with van der Waals surface area (Å²) in [7, 11) is 5.78. The highest BCUT2D eigenvalue weighted by atomic mass is 16.5. The summed E-state index contributed by atoms with van der Waals surface area (Å²) in [5.41, 5.74) is 3.07. The Morgan fingerprint density at radius 2 is 2.00 bits per heavy atom. The van der Waals surface area contributed by atoms with E-state index >= 15 is 0 Å². The monoisotopic (exact) mass is 280 g/mol. The third-order valence-corrected chi connectivity index (χ3v) is 3.31. The fourth-order valence-corrected chi connectivity index (χ4v) is 2.38. The number of hydrogen-bond donors (Lipinski definition) is 2. The molecule has 4 heteroatoms. The molecule has 0 bridgehead atoms. The fraction of sp³-hybridized carbons (Fsp3) is 0.625. The summed E-state index contributed by atoms with van der Waals surface area (Å²) in [5, 5.41) is 13.6. The van der Waals surface area contributed by atoms with Gasteiger partial charge in [0.15, 0.2) is 0 Å². The second-order valence-electron chi connectivity index (χ2n) is 5.58. The van der Waals surface area contributed by atoms with Crippen molar-refractivity contribution in [3.8, 4) is 5.75 Å². The molecule has 0 aliphatic rings. The van der Waals surface area contributed by atoms with Gasteiger partial charge in [-0.1, -0.05) is 11.6 Å². The highest BCUT2D eigenvalue weighted by molar-refractivity contribution is 5.45. The van der Waals surface area contributed by atoms with Crippen molar-refractivity contribution >= 4 is 0 Å². The van der Waals surface area contributed by atoms with Gasteiger partial charge in [0.05, 0.1) is 13.2 Å². The molecule has 1 unspecified atom stereocenters. The Kier molecular flexibility index (Phi) is 6.99. The van der Waals surface area contributed by atoms with Gasteiger partial charge in [-0.05, 0) is 59.1 Å². The Bertz CT molecular complexity index is 419. The van der Waals surface area contributed by atoms with E-state index in [0.717, 1.165) is 42.0 Å². The van der Waals surface area contributed by atoms with Crippen LogP contribution in [0.2, 0.25) is 0 Å². The normalized spacial score (nSPS) is 12.8. The van der Waals surface area contributed by atoms with E-state index in [0.29, 0.717) is 6.54 Å². The van der Waals surface area contributed by atoms with Crippen LogP contribution in [0.15, 0.2) is 12.1 Å². The van der Waals surface area contributed by atoms with E-state index in [9.17, 15) is 5.11 Å². The van der Waals surface area contributed by atoms with Gasteiger partial charge in [0.2, 0.25) is 0 Å². The standard InChI is InChI=1S/C16H28N2O2/c1-12-9-13(2)16(20-5)14(10-12)15(19)11-17-7-6-8-18(3)4/h9-10,15,17,19H,6-8,11H2,1-5H3. The summed E-state index contributed by atoms with van der Waals surface area (Å²) < 4.78 is 5.42. The maximum atomic E-state index is 10.3. The van der Waals surface area contributed by atoms with Gasteiger partial charge in [-0.3, -0.25) is 0 Å². The molecule has 0 saturated heterocycles. The maximum absolute atomic E-state index is 10.3. The second-order valence-corrected chi connectivity index (χ2v) is 5.58. The van der Waals surface area contributed by atoms with Crippen LogP contribution in [0.3, 0.4) is 0 Å². The van der Waals surface area contributed by atoms with Gasteiger partial charge in [-0.2, -0.15) is 0 Å². The highest BCUT2D eigenvalue weighted by Gasteiger charge is 2.15. The minimum Gasteiger partial charge on any atom is -0.496 e. The molecule has 0 radical (unpaired) electrons. The number of methoxy groups -OCH3 is 1. The Morgan fingerprint density at radius 3 is 2.60 bits per heavy atom. The Morgan fingerprint density at radius 1 is 1.30 bits per heavy atom. The Labute approximate surface area is 122 Å². The van der Waals surface area contributed by atoms with Crippen molar-refractivity contribution < 1.29 is 9.84 Å². The van der Waals surface area contributed by atoms with Gasteiger partial charge in [-0.25, -0.2) is 0 Å². The van der Waals surface area contributed by atoms with Crippen LogP contribution in [0.5, 0.6) is 5.75 Å². The van der Waals surface area contributed by atoms with Gasteiger partial charge in [0.25, 0.3) is 0 Å². The third kappa shape index (κ3) is 5.12. The molecule has 20 heavy (non-hydrogen) atoms. The SMILES string of the molecule is COc1c(C)cc(C)cc1C(O)CNCCCN(C)C. The van der Waals surface area contributed by atoms with E-state index in [4.69, 9.17) is 4.74 Å². The number of ether oxygens (including phenoxy) is 1. The first kappa shape index (κ1) is 17.0. The zero-order chi connectivity index (χ0) is 15.1. The number of benzene rings is 1. The summed E-state index contributed by atoms with van der Waals surface area (Å²) >= 11 is 0. The van der Waals surface area contributed by atoms with E-state index in [1.807, 2.05) is 19.9 Å². The Balaban J connectivity index is 2.56. The second kappa shape index (κ2) is 8.25. The van der Waals surface area contributed by atoms with Crippen molar-refractivity contribution in [3.63, 3.8) is 0 Å². The fourth-order valence-electron chi connectivity index (χ4n) is 2.38. The maximum Gasteiger partial charge on any atom is 0.127 e. The number of aliphatic hydroxyl groups excluding tert-OH is 1. The van der Waals surface area contributed by atoms with Crippen molar-refractivity contribution in [2.24, 2.45) is 0 Å². The molecule has 1 aromatic carbocycles. The number of aliphatic hydroxyl groups is 1. The topological polar surface area (TPSA) is 44.7 Å². The quantitative estimate of drug-likeness (QED) is 0.714. The van der Waals surface area contributed by atoms with Crippen LogP contribution in [0.4, 0.5) is 0 Å². The predicted molar refractivity (Wildman–Crippen MR) is 83.5 cm³/mol. The lowest BCUT2D eigenvalue weighted by atomic mass is 10.0. The average molecular weight is 280 g/mol. The molecule has 1 rings (SSSR count). The third-order valence-electron chi connectivity index (χ3n) is 3.31. The summed E-state index contributed by atoms with van der Waals surface area (Å²) in [6.45, 7) is 6.55. The smallest absolute Gasteiger partial charge is 0.127 e. The first-order valence-electron chi connectivity index (χ1n) is 7.14. The van der Waals surface area contributed by atoms with Gasteiger partial charge in [-0.15, -0.1) is 0 Å². The molecule has 0 amide bonds. The van der Waals surface area contributed by atoms with Gasteiger partial charge >= 0.3 is 0 Å². The Hall–Kier alpha value is -1.10. The van der Waals surface area contributed by atoms with Crippen molar-refractivity contribution in [2.75, 3.05) is 40.8 Å². The first-order chi connectivity index (χ1) is 9.45. The van der Waals surface area contributed by atoms with Gasteiger partial charge < -0.3 is 20.1 Å². The average Bonchev–Trinajstić information content (AvgIpc) is 2.36. The molecule has 114 valence electrons. The van der Waals surface area contributed by atoms with Crippen LogP contribution in [-0.4, -0.2) is 50.8 Å². The molecule has 0 fully saturated rings. The predicted octanol–water partition coefficient (Wildman–Crippen LogP) is 1.89. The summed E-state index contributed by atoms with van der Waals surface area (Å²) in [5.74, 6) is 0.790. The van der Waals surface area contributed by atoms with E-state index in [1.165, 1.54) is 0 Å². The number of rotatable bonds is 8. The van der Waals surface area contributed by atoms with Crippen molar-refractivity contribution in [1.82, 2.24) is 10.2 Å². The van der Waals surface area contributed by atoms with Gasteiger partial charge in [0, 0.05) is 12.1 Å². The lowest BCUT2D eigenvalue weighted by Gasteiger charge is -2.18. The minimum absolute atomic E-state index is 0.539. The van der Waals surface area contributed by atoms with Crippen molar-refractivity contribution in [2.45, 2.75) is 26.4 Å². The van der Waals surface area contributed by atoms with E-state index in [1.54, 1.807) is 7.11 Å². The molecular weight excluding hydrogens is 252 g/mol. The minimum atomic E-state index is -0.539. The zero-order valence-electron chi connectivity index (χ0n) is 13.4. The van der Waals surface area contributed by atoms with Crippen LogP contribution in [0.25, 0.3) is 0 Å². The molecule has 1 atom stereocenters. The molecule has 4 nitrogen and oxygen atoms in total. The van der Waals surface area contributed by atoms with Crippen LogP contribution >= 0.6 is 0 Å². The molecule has 0 saturated carbocycles. The van der Waals surface area contributed by atoms with E-state index in [2.05, 4.69) is 30.4 Å². The summed E-state index contributed by atoms with van der Waals surface area (Å²) in [4.78, 5) is 2.16. The molecule has 1 aromatic rings. The zero-order valence-corrected chi connectivity index (χ0v) is 13.4. The van der Waals surface area contributed by atoms with Crippen LogP contribution in [-0.2, 0) is 0 Å². The van der Waals surface area contributed by atoms with E-state index < -0.39 is 6.10 Å². The first-order valence-corrected chi connectivity index (χ1v) is 7.14. The number of nitrogens with zero attached hydrogens (tertiary/aromatic N) is 1. The molecule has 2 N–H and O–H groups in total. The number of aryl methyl sites for hydroxylation is 2. The largest absolute Gasteiger partial charge is 0.496 e. The molecule has 0 aromatic heterocycles. The summed E-state index contributed by atoms with van der Waals surface area (Å²) in [6.07, 6.45) is 0.534. The molecule has 0 heterocycles. The van der Waals surface area contributed by atoms with Gasteiger partial charge in [0.1, 0.15) is 5.75 Å².